The fourth-order valence-corrected chi connectivity index (χ4v) is 3.36. The van der Waals surface area contributed by atoms with Crippen LogP contribution in [0.1, 0.15) is 28.1 Å². The molecule has 0 radical (unpaired) electrons. The Morgan fingerprint density at radius 2 is 1.88 bits per heavy atom. The predicted octanol–water partition coefficient (Wildman–Crippen LogP) is 3.08. The van der Waals surface area contributed by atoms with E-state index in [-0.39, 0.29) is 18.2 Å². The minimum atomic E-state index is -0.907. The van der Waals surface area contributed by atoms with Crippen LogP contribution in [-0.4, -0.2) is 23.2 Å². The third kappa shape index (κ3) is 2.81. The van der Waals surface area contributed by atoms with Gasteiger partial charge in [-0.25, -0.2) is 0 Å². The normalized spacial score (nSPS) is 19.9. The molecule has 1 aliphatic rings. The van der Waals surface area contributed by atoms with Crippen molar-refractivity contribution in [3.05, 3.63) is 71.5 Å². The number of carbonyl (C=O) groups is 1. The second-order valence-corrected chi connectivity index (χ2v) is 6.50. The molecule has 0 fully saturated rings. The first-order valence-corrected chi connectivity index (χ1v) is 8.19. The molecule has 4 heteroatoms. The van der Waals surface area contributed by atoms with E-state index in [9.17, 15) is 9.90 Å². The van der Waals surface area contributed by atoms with Crippen LogP contribution in [0.25, 0.3) is 11.0 Å². The summed E-state index contributed by atoms with van der Waals surface area (Å²) in [6.07, 6.45) is 2.03. The van der Waals surface area contributed by atoms with Gasteiger partial charge in [-0.3, -0.25) is 4.79 Å². The van der Waals surface area contributed by atoms with Gasteiger partial charge in [0, 0.05) is 18.4 Å². The molecule has 0 saturated heterocycles. The van der Waals surface area contributed by atoms with Crippen molar-refractivity contribution >= 4 is 16.9 Å². The molecule has 122 valence electrons. The summed E-state index contributed by atoms with van der Waals surface area (Å²) in [6.45, 7) is 0.219. The standard InChI is InChI=1S/C20H19NO3/c22-19(18-11-15-6-3-4-8-17(15)24-18)21-13-20(23)10-9-14-5-1-2-7-16(14)12-20/h1-8,11,23H,9-10,12-13H2,(H,21,22)/t20-/m0/s1. The largest absolute Gasteiger partial charge is 0.451 e. The quantitative estimate of drug-likeness (QED) is 0.779. The Hall–Kier alpha value is -2.59. The van der Waals surface area contributed by atoms with E-state index in [1.807, 2.05) is 42.5 Å². The molecule has 2 N–H and O–H groups in total. The van der Waals surface area contributed by atoms with Crippen molar-refractivity contribution in [1.29, 1.82) is 0 Å². The van der Waals surface area contributed by atoms with Crippen molar-refractivity contribution in [3.8, 4) is 0 Å². The summed E-state index contributed by atoms with van der Waals surface area (Å²) in [5.41, 5.74) is 2.22. The lowest BCUT2D eigenvalue weighted by Crippen LogP contribution is -2.46. The molecule has 1 atom stereocenters. The molecule has 3 aromatic rings. The Labute approximate surface area is 140 Å². The maximum atomic E-state index is 12.3. The fourth-order valence-electron chi connectivity index (χ4n) is 3.36. The Bertz CT molecular complexity index is 866. The smallest absolute Gasteiger partial charge is 0.287 e. The lowest BCUT2D eigenvalue weighted by Gasteiger charge is -2.33. The highest BCUT2D eigenvalue weighted by atomic mass is 16.3. The number of hydrogen-bond donors (Lipinski definition) is 2. The molecule has 0 unspecified atom stereocenters. The van der Waals surface area contributed by atoms with Crippen LogP contribution in [0.3, 0.4) is 0 Å². The molecular weight excluding hydrogens is 302 g/mol. The van der Waals surface area contributed by atoms with Crippen molar-refractivity contribution in [1.82, 2.24) is 5.32 Å². The van der Waals surface area contributed by atoms with E-state index in [0.29, 0.717) is 18.4 Å². The average molecular weight is 321 g/mol. The summed E-state index contributed by atoms with van der Waals surface area (Å²) in [5.74, 6) is -0.0190. The zero-order valence-electron chi connectivity index (χ0n) is 13.3. The molecule has 0 bridgehead atoms. The van der Waals surface area contributed by atoms with Crippen LogP contribution in [0.4, 0.5) is 0 Å². The van der Waals surface area contributed by atoms with E-state index in [0.717, 1.165) is 17.4 Å². The van der Waals surface area contributed by atoms with Gasteiger partial charge < -0.3 is 14.8 Å². The van der Waals surface area contributed by atoms with Crippen LogP contribution < -0.4 is 5.32 Å². The Kier molecular flexibility index (Phi) is 3.62. The van der Waals surface area contributed by atoms with Crippen LogP contribution >= 0.6 is 0 Å². The van der Waals surface area contributed by atoms with Crippen molar-refractivity contribution < 1.29 is 14.3 Å². The summed E-state index contributed by atoms with van der Waals surface area (Å²) in [5, 5.41) is 14.5. The summed E-state index contributed by atoms with van der Waals surface area (Å²) >= 11 is 0. The minimum absolute atomic E-state index is 0.219. The lowest BCUT2D eigenvalue weighted by atomic mass is 9.80. The minimum Gasteiger partial charge on any atom is -0.451 e. The first kappa shape index (κ1) is 15.0. The number of nitrogens with one attached hydrogen (secondary N) is 1. The van der Waals surface area contributed by atoms with Gasteiger partial charge in [-0.1, -0.05) is 42.5 Å². The summed E-state index contributed by atoms with van der Waals surface area (Å²) in [6, 6.07) is 17.4. The van der Waals surface area contributed by atoms with E-state index < -0.39 is 5.60 Å². The molecule has 1 heterocycles. The van der Waals surface area contributed by atoms with Gasteiger partial charge in [0.1, 0.15) is 5.58 Å². The number of aryl methyl sites for hydroxylation is 1. The first-order valence-electron chi connectivity index (χ1n) is 8.19. The number of carbonyl (C=O) groups excluding carboxylic acids is 1. The first-order chi connectivity index (χ1) is 11.6. The molecule has 0 spiro atoms. The summed E-state index contributed by atoms with van der Waals surface area (Å²) in [7, 11) is 0. The number of furan rings is 1. The number of hydrogen-bond acceptors (Lipinski definition) is 3. The Balaban J connectivity index is 1.45. The van der Waals surface area contributed by atoms with Gasteiger partial charge in [-0.15, -0.1) is 0 Å². The number of amides is 1. The highest BCUT2D eigenvalue weighted by molar-refractivity contribution is 5.96. The summed E-state index contributed by atoms with van der Waals surface area (Å²) in [4.78, 5) is 12.3. The summed E-state index contributed by atoms with van der Waals surface area (Å²) < 4.78 is 5.57. The Morgan fingerprint density at radius 3 is 2.71 bits per heavy atom. The predicted molar refractivity (Wildman–Crippen MR) is 92.0 cm³/mol. The van der Waals surface area contributed by atoms with Gasteiger partial charge in [0.05, 0.1) is 5.60 Å². The number of rotatable bonds is 3. The van der Waals surface area contributed by atoms with Gasteiger partial charge in [0.2, 0.25) is 0 Å². The Morgan fingerprint density at radius 1 is 1.12 bits per heavy atom. The highest BCUT2D eigenvalue weighted by Gasteiger charge is 2.32. The van der Waals surface area contributed by atoms with E-state index in [1.54, 1.807) is 6.07 Å². The number of benzene rings is 2. The van der Waals surface area contributed by atoms with Crippen molar-refractivity contribution in [2.24, 2.45) is 0 Å². The average Bonchev–Trinajstić information content (AvgIpc) is 3.04. The topological polar surface area (TPSA) is 62.5 Å². The fraction of sp³-hybridized carbons (Fsp3) is 0.250. The molecule has 24 heavy (non-hydrogen) atoms. The zero-order valence-corrected chi connectivity index (χ0v) is 13.3. The van der Waals surface area contributed by atoms with Crippen LogP contribution in [0.2, 0.25) is 0 Å². The van der Waals surface area contributed by atoms with Gasteiger partial charge in [-0.2, -0.15) is 0 Å². The number of aliphatic hydroxyl groups is 1. The molecule has 1 amide bonds. The highest BCUT2D eigenvalue weighted by Crippen LogP contribution is 2.28. The van der Waals surface area contributed by atoms with Crippen molar-refractivity contribution in [3.63, 3.8) is 0 Å². The second kappa shape index (κ2) is 5.80. The van der Waals surface area contributed by atoms with Crippen LogP contribution in [0.5, 0.6) is 0 Å². The lowest BCUT2D eigenvalue weighted by molar-refractivity contribution is 0.0256. The maximum Gasteiger partial charge on any atom is 0.287 e. The van der Waals surface area contributed by atoms with Crippen molar-refractivity contribution in [2.45, 2.75) is 24.9 Å². The van der Waals surface area contributed by atoms with E-state index >= 15 is 0 Å². The number of para-hydroxylation sites is 1. The molecule has 4 nitrogen and oxygen atoms in total. The zero-order chi connectivity index (χ0) is 16.6. The maximum absolute atomic E-state index is 12.3. The third-order valence-electron chi connectivity index (χ3n) is 4.72. The molecule has 1 aliphatic carbocycles. The van der Waals surface area contributed by atoms with Crippen LogP contribution in [0.15, 0.2) is 59.0 Å². The molecule has 0 saturated carbocycles. The van der Waals surface area contributed by atoms with Gasteiger partial charge in [0.25, 0.3) is 5.91 Å². The monoisotopic (exact) mass is 321 g/mol. The van der Waals surface area contributed by atoms with Gasteiger partial charge in [0.15, 0.2) is 5.76 Å². The van der Waals surface area contributed by atoms with E-state index in [1.165, 1.54) is 5.56 Å². The SMILES string of the molecule is O=C(NC[C@]1(O)CCc2ccccc2C1)c1cc2ccccc2o1. The number of fused-ring (bicyclic) bond motifs is 2. The van der Waals surface area contributed by atoms with Crippen LogP contribution in [0, 0.1) is 0 Å². The molecular formula is C20H19NO3. The third-order valence-corrected chi connectivity index (χ3v) is 4.72. The molecule has 2 aromatic carbocycles. The second-order valence-electron chi connectivity index (χ2n) is 6.50. The van der Waals surface area contributed by atoms with E-state index in [4.69, 9.17) is 4.42 Å². The van der Waals surface area contributed by atoms with Gasteiger partial charge >= 0.3 is 0 Å². The van der Waals surface area contributed by atoms with Crippen molar-refractivity contribution in [2.75, 3.05) is 6.54 Å². The molecule has 4 rings (SSSR count). The van der Waals surface area contributed by atoms with E-state index in [2.05, 4.69) is 11.4 Å². The molecule has 0 aliphatic heterocycles. The van der Waals surface area contributed by atoms with Crippen LogP contribution in [-0.2, 0) is 12.8 Å². The molecule has 1 aromatic heterocycles. The van der Waals surface area contributed by atoms with Gasteiger partial charge in [-0.05, 0) is 36.1 Å².